The van der Waals surface area contributed by atoms with Crippen molar-refractivity contribution >= 4 is 32.6 Å². The molecule has 6 nitrogen and oxygen atoms in total. The quantitative estimate of drug-likeness (QED) is 0.495. The number of benzene rings is 2. The van der Waals surface area contributed by atoms with Crippen LogP contribution < -0.4 is 4.31 Å². The van der Waals surface area contributed by atoms with Crippen LogP contribution in [0, 0.1) is 20.8 Å². The predicted octanol–water partition coefficient (Wildman–Crippen LogP) is 5.51. The summed E-state index contributed by atoms with van der Waals surface area (Å²) < 4.78 is 36.1. The fourth-order valence-corrected chi connectivity index (χ4v) is 7.59. The van der Waals surface area contributed by atoms with Gasteiger partial charge in [-0.15, -0.1) is 0 Å². The van der Waals surface area contributed by atoms with Gasteiger partial charge in [-0.05, 0) is 75.8 Å². The van der Waals surface area contributed by atoms with E-state index in [2.05, 4.69) is 0 Å². The van der Waals surface area contributed by atoms with Crippen molar-refractivity contribution < 1.29 is 17.6 Å². The first kappa shape index (κ1) is 23.0. The molecule has 1 atom stereocenters. The molecule has 0 spiro atoms. The number of amides is 1. The van der Waals surface area contributed by atoms with Gasteiger partial charge in [0.2, 0.25) is 0 Å². The molecule has 0 saturated carbocycles. The SMILES string of the molecule is Cc1cc2c(C)c(C(=O)N3CCCCCC3)oc2c(S(=O)(=O)N2c3ccccc3C[C@H]2C)c1C. The Morgan fingerprint density at radius 3 is 2.38 bits per heavy atom. The Hall–Kier alpha value is -2.80. The van der Waals surface area contributed by atoms with E-state index in [1.165, 1.54) is 4.31 Å². The van der Waals surface area contributed by atoms with Crippen LogP contribution in [0.15, 0.2) is 39.6 Å². The van der Waals surface area contributed by atoms with Gasteiger partial charge >= 0.3 is 0 Å². The summed E-state index contributed by atoms with van der Waals surface area (Å²) in [5.41, 5.74) is 4.26. The third-order valence-corrected chi connectivity index (χ3v) is 9.52. The van der Waals surface area contributed by atoms with Gasteiger partial charge in [0.1, 0.15) is 4.90 Å². The minimum atomic E-state index is -3.93. The maximum Gasteiger partial charge on any atom is 0.289 e. The van der Waals surface area contributed by atoms with Crippen LogP contribution in [0.4, 0.5) is 5.69 Å². The first-order valence-electron chi connectivity index (χ1n) is 12.2. The van der Waals surface area contributed by atoms with Gasteiger partial charge in [0, 0.05) is 30.1 Å². The summed E-state index contributed by atoms with van der Waals surface area (Å²) in [5.74, 6) is 0.113. The number of likely N-dealkylation sites (tertiary alicyclic amines) is 1. The van der Waals surface area contributed by atoms with E-state index < -0.39 is 10.0 Å². The highest BCUT2D eigenvalue weighted by Gasteiger charge is 2.39. The average Bonchev–Trinajstić information content (AvgIpc) is 3.15. The lowest BCUT2D eigenvalue weighted by Gasteiger charge is -2.25. The summed E-state index contributed by atoms with van der Waals surface area (Å²) >= 11 is 0. The van der Waals surface area contributed by atoms with E-state index in [4.69, 9.17) is 4.42 Å². The Labute approximate surface area is 201 Å². The number of para-hydroxylation sites is 1. The molecule has 1 aromatic heterocycles. The van der Waals surface area contributed by atoms with E-state index in [1.54, 1.807) is 0 Å². The lowest BCUT2D eigenvalue weighted by atomic mass is 10.0. The number of carbonyl (C=O) groups excluding carboxylic acids is 1. The molecule has 3 heterocycles. The third kappa shape index (κ3) is 3.52. The average molecular weight is 481 g/mol. The number of hydrogen-bond donors (Lipinski definition) is 0. The van der Waals surface area contributed by atoms with E-state index in [1.807, 2.05) is 62.9 Å². The van der Waals surface area contributed by atoms with E-state index >= 15 is 0 Å². The van der Waals surface area contributed by atoms with Crippen LogP contribution in [0.3, 0.4) is 0 Å². The summed E-state index contributed by atoms with van der Waals surface area (Å²) in [7, 11) is -3.93. The zero-order chi connectivity index (χ0) is 24.2. The summed E-state index contributed by atoms with van der Waals surface area (Å²) in [5, 5.41) is 0.694. The topological polar surface area (TPSA) is 70.8 Å². The van der Waals surface area contributed by atoms with E-state index in [9.17, 15) is 13.2 Å². The maximum atomic E-state index is 14.2. The van der Waals surface area contributed by atoms with Crippen molar-refractivity contribution in [3.05, 3.63) is 58.3 Å². The molecule has 0 aliphatic carbocycles. The van der Waals surface area contributed by atoms with Crippen LogP contribution >= 0.6 is 0 Å². The molecular weight excluding hydrogens is 448 g/mol. The number of anilines is 1. The molecular formula is C27H32N2O4S. The van der Waals surface area contributed by atoms with Gasteiger partial charge in [-0.1, -0.05) is 31.0 Å². The highest BCUT2D eigenvalue weighted by molar-refractivity contribution is 7.93. The number of sulfonamides is 1. The molecule has 2 aliphatic rings. The molecule has 0 unspecified atom stereocenters. The minimum absolute atomic E-state index is 0.144. The highest BCUT2D eigenvalue weighted by Crippen LogP contribution is 2.41. The van der Waals surface area contributed by atoms with E-state index in [0.29, 0.717) is 41.7 Å². The fraction of sp³-hybridized carbons (Fsp3) is 0.444. The van der Waals surface area contributed by atoms with Gasteiger partial charge in [0.15, 0.2) is 11.3 Å². The summed E-state index contributed by atoms with van der Waals surface area (Å²) in [6.07, 6.45) is 4.88. The lowest BCUT2D eigenvalue weighted by molar-refractivity contribution is 0.0731. The standard InChI is InChI=1S/C27H32N2O4S/c1-17-15-22-20(4)24(27(30)28-13-9-5-6-10-14-28)33-25(22)26(19(17)3)34(31,32)29-18(2)16-21-11-7-8-12-23(21)29/h7-8,11-12,15,18H,5-6,9-10,13-14,16H2,1-4H3/t18-/m1/s1. The largest absolute Gasteiger partial charge is 0.449 e. The lowest BCUT2D eigenvalue weighted by Crippen LogP contribution is -2.36. The van der Waals surface area contributed by atoms with Crippen LogP contribution in [0.25, 0.3) is 11.0 Å². The van der Waals surface area contributed by atoms with E-state index in [-0.39, 0.29) is 28.2 Å². The Kier molecular flexibility index (Phi) is 5.71. The molecule has 1 fully saturated rings. The van der Waals surface area contributed by atoms with Crippen molar-refractivity contribution in [3.63, 3.8) is 0 Å². The first-order chi connectivity index (χ1) is 16.2. The van der Waals surface area contributed by atoms with Crippen molar-refractivity contribution in [1.82, 2.24) is 4.90 Å². The van der Waals surface area contributed by atoms with E-state index in [0.717, 1.165) is 36.8 Å². The fourth-order valence-electron chi connectivity index (χ4n) is 5.48. The van der Waals surface area contributed by atoms with Crippen LogP contribution in [0.5, 0.6) is 0 Å². The molecule has 5 rings (SSSR count). The third-order valence-electron chi connectivity index (χ3n) is 7.44. The smallest absolute Gasteiger partial charge is 0.289 e. The Morgan fingerprint density at radius 1 is 1.00 bits per heavy atom. The molecule has 1 amide bonds. The summed E-state index contributed by atoms with van der Waals surface area (Å²) in [6.45, 7) is 8.94. The van der Waals surface area contributed by atoms with Crippen molar-refractivity contribution in [1.29, 1.82) is 0 Å². The number of aryl methyl sites for hydroxylation is 2. The van der Waals surface area contributed by atoms with Gasteiger partial charge in [-0.3, -0.25) is 9.10 Å². The van der Waals surface area contributed by atoms with Crippen LogP contribution in [-0.2, 0) is 16.4 Å². The maximum absolute atomic E-state index is 14.2. The Bertz CT molecular complexity index is 1380. The molecule has 0 radical (unpaired) electrons. The normalized spacial score (nSPS) is 18.9. The van der Waals surface area contributed by atoms with Crippen molar-refractivity contribution in [2.45, 2.75) is 70.7 Å². The second-order valence-corrected chi connectivity index (χ2v) is 11.5. The molecule has 3 aromatic rings. The van der Waals surface area contributed by atoms with Crippen molar-refractivity contribution in [2.75, 3.05) is 17.4 Å². The van der Waals surface area contributed by atoms with Crippen LogP contribution in [-0.4, -0.2) is 38.4 Å². The van der Waals surface area contributed by atoms with Gasteiger partial charge in [0.05, 0.1) is 5.69 Å². The van der Waals surface area contributed by atoms with Crippen LogP contribution in [0.2, 0.25) is 0 Å². The molecule has 34 heavy (non-hydrogen) atoms. The van der Waals surface area contributed by atoms with Crippen LogP contribution in [0.1, 0.15) is 65.4 Å². The Balaban J connectivity index is 1.68. The van der Waals surface area contributed by atoms with Gasteiger partial charge in [-0.2, -0.15) is 0 Å². The zero-order valence-corrected chi connectivity index (χ0v) is 21.2. The number of carbonyl (C=O) groups is 1. The minimum Gasteiger partial charge on any atom is -0.449 e. The number of furan rings is 1. The van der Waals surface area contributed by atoms with Gasteiger partial charge in [-0.25, -0.2) is 8.42 Å². The number of rotatable bonds is 3. The summed E-state index contributed by atoms with van der Waals surface area (Å²) in [6, 6.07) is 9.40. The molecule has 1 saturated heterocycles. The molecule has 2 aliphatic heterocycles. The summed E-state index contributed by atoms with van der Waals surface area (Å²) in [4.78, 5) is 15.4. The monoisotopic (exact) mass is 480 g/mol. The molecule has 180 valence electrons. The van der Waals surface area contributed by atoms with Gasteiger partial charge in [0.25, 0.3) is 15.9 Å². The predicted molar refractivity (Wildman–Crippen MR) is 134 cm³/mol. The van der Waals surface area contributed by atoms with Crippen molar-refractivity contribution in [2.24, 2.45) is 0 Å². The Morgan fingerprint density at radius 2 is 1.68 bits per heavy atom. The highest BCUT2D eigenvalue weighted by atomic mass is 32.2. The molecule has 2 aromatic carbocycles. The number of hydrogen-bond acceptors (Lipinski definition) is 4. The zero-order valence-electron chi connectivity index (χ0n) is 20.3. The molecule has 0 N–H and O–H groups in total. The molecule has 0 bridgehead atoms. The number of fused-ring (bicyclic) bond motifs is 2. The van der Waals surface area contributed by atoms with Gasteiger partial charge < -0.3 is 9.32 Å². The second kappa shape index (κ2) is 8.45. The number of nitrogens with zero attached hydrogens (tertiary/aromatic N) is 2. The molecule has 7 heteroatoms. The van der Waals surface area contributed by atoms with Crippen molar-refractivity contribution in [3.8, 4) is 0 Å². The second-order valence-electron chi connectivity index (χ2n) is 9.77. The first-order valence-corrected chi connectivity index (χ1v) is 13.6.